The first-order valence-corrected chi connectivity index (χ1v) is 17.2. The first-order valence-electron chi connectivity index (χ1n) is 15.0. The van der Waals surface area contributed by atoms with E-state index >= 15 is 8.78 Å². The number of hydrogen-bond acceptors (Lipinski definition) is 5. The zero-order valence-electron chi connectivity index (χ0n) is 23.7. The first-order chi connectivity index (χ1) is 20.5. The minimum absolute atomic E-state index is 0.116. The molecule has 2 aliphatic heterocycles. The minimum atomic E-state index is -4.53. The maximum Gasteiger partial charge on any atom is 0.298 e. The Labute approximate surface area is 259 Å². The van der Waals surface area contributed by atoms with E-state index < -0.39 is 33.5 Å². The van der Waals surface area contributed by atoms with Crippen molar-refractivity contribution >= 4 is 42.6 Å². The van der Waals surface area contributed by atoms with Crippen molar-refractivity contribution in [1.82, 2.24) is 9.62 Å². The van der Waals surface area contributed by atoms with Gasteiger partial charge >= 0.3 is 0 Å². The molecule has 1 saturated carbocycles. The summed E-state index contributed by atoms with van der Waals surface area (Å²) in [7, 11) is -4.53. The maximum absolute atomic E-state index is 16.2. The molecule has 6 rings (SSSR count). The van der Waals surface area contributed by atoms with E-state index in [0.717, 1.165) is 31.1 Å². The molecule has 0 aromatic heterocycles. The fourth-order valence-corrected chi connectivity index (χ4v) is 8.38. The van der Waals surface area contributed by atoms with Crippen molar-refractivity contribution in [1.29, 1.82) is 0 Å². The van der Waals surface area contributed by atoms with Gasteiger partial charge in [-0.25, -0.2) is 8.42 Å². The van der Waals surface area contributed by atoms with Crippen LogP contribution in [0.1, 0.15) is 63.4 Å². The van der Waals surface area contributed by atoms with Crippen LogP contribution in [0.5, 0.6) is 5.75 Å². The van der Waals surface area contributed by atoms with Gasteiger partial charge in [0, 0.05) is 28.2 Å². The van der Waals surface area contributed by atoms with E-state index in [4.69, 9.17) is 10.5 Å². The van der Waals surface area contributed by atoms with Gasteiger partial charge in [-0.15, -0.1) is 0 Å². The summed E-state index contributed by atoms with van der Waals surface area (Å²) >= 11 is 3.25. The Hall–Kier alpha value is -2.60. The van der Waals surface area contributed by atoms with Crippen molar-refractivity contribution in [3.8, 4) is 5.75 Å². The second kappa shape index (κ2) is 12.1. The third kappa shape index (κ3) is 6.32. The molecule has 0 spiro atoms. The van der Waals surface area contributed by atoms with Crippen LogP contribution in [0.15, 0.2) is 70.0 Å². The highest BCUT2D eigenvalue weighted by Crippen LogP contribution is 2.40. The number of alkyl halides is 2. The van der Waals surface area contributed by atoms with Gasteiger partial charge < -0.3 is 15.4 Å². The van der Waals surface area contributed by atoms with Crippen LogP contribution in [-0.4, -0.2) is 49.5 Å². The predicted octanol–water partition coefficient (Wildman–Crippen LogP) is 6.23. The molecule has 3 atom stereocenters. The lowest BCUT2D eigenvalue weighted by atomic mass is 9.95. The number of fused-ring (bicyclic) bond motifs is 3. The molecule has 3 aromatic carbocycles. The number of piperidine rings is 1. The molecule has 2 bridgehead atoms. The van der Waals surface area contributed by atoms with Crippen molar-refractivity contribution < 1.29 is 26.7 Å². The van der Waals surface area contributed by atoms with Crippen LogP contribution in [0.2, 0.25) is 0 Å². The molecule has 230 valence electrons. The van der Waals surface area contributed by atoms with Gasteiger partial charge in [0.2, 0.25) is 15.9 Å². The zero-order chi connectivity index (χ0) is 30.4. The number of ether oxygens (including phenoxy) is 1. The monoisotopic (exact) mass is 675 g/mol. The van der Waals surface area contributed by atoms with Gasteiger partial charge in [-0.3, -0.25) is 4.79 Å². The van der Waals surface area contributed by atoms with Crippen molar-refractivity contribution in [2.45, 2.75) is 98.9 Å². The molecule has 1 amide bonds. The number of benzene rings is 3. The highest BCUT2D eigenvalue weighted by Gasteiger charge is 2.53. The predicted molar refractivity (Wildman–Crippen MR) is 164 cm³/mol. The maximum atomic E-state index is 16.2. The highest BCUT2D eigenvalue weighted by atomic mass is 79.9. The standard InChI is InChI=1S/C32H36BrF2N3O4S/c33-23-10-8-22(9-11-23)32(34,35)30(31(39)38-25-12-13-26(38)19-24(36)18-25)37-43(40,41)29-15-7-20-16-28(14-6-21(20)17-29)42-27-4-2-1-3-5-27/h6-11,14-17,24-27,30,37H,1-5,12-13,18-19,36H2/t24?,25?,26?,30-/m1/s1. The minimum Gasteiger partial charge on any atom is -0.490 e. The smallest absolute Gasteiger partial charge is 0.298 e. The molecular formula is C32H36BrF2N3O4S. The third-order valence-electron chi connectivity index (χ3n) is 9.08. The number of rotatable bonds is 8. The molecule has 1 aliphatic carbocycles. The average Bonchev–Trinajstić information content (AvgIpc) is 3.26. The Morgan fingerprint density at radius 2 is 1.56 bits per heavy atom. The molecule has 3 aliphatic rings. The lowest BCUT2D eigenvalue weighted by Crippen LogP contribution is -2.60. The number of nitrogens with zero attached hydrogens (tertiary/aromatic N) is 1. The summed E-state index contributed by atoms with van der Waals surface area (Å²) in [6.45, 7) is 0. The molecule has 3 aromatic rings. The van der Waals surface area contributed by atoms with Gasteiger partial charge in [0.1, 0.15) is 5.75 Å². The fourth-order valence-electron chi connectivity index (χ4n) is 6.89. The van der Waals surface area contributed by atoms with Crippen LogP contribution in [0, 0.1) is 0 Å². The Kier molecular flexibility index (Phi) is 8.54. The lowest BCUT2D eigenvalue weighted by molar-refractivity contribution is -0.149. The molecule has 0 radical (unpaired) electrons. The second-order valence-corrected chi connectivity index (χ2v) is 14.7. The molecular weight excluding hydrogens is 640 g/mol. The zero-order valence-corrected chi connectivity index (χ0v) is 26.1. The van der Waals surface area contributed by atoms with Crippen LogP contribution < -0.4 is 15.2 Å². The van der Waals surface area contributed by atoms with E-state index in [0.29, 0.717) is 41.3 Å². The largest absolute Gasteiger partial charge is 0.490 e. The van der Waals surface area contributed by atoms with Crippen molar-refractivity contribution in [2.75, 3.05) is 0 Å². The Bertz CT molecular complexity index is 1580. The van der Waals surface area contributed by atoms with E-state index in [1.54, 1.807) is 18.2 Å². The number of carbonyl (C=O) groups is 1. The molecule has 11 heteroatoms. The van der Waals surface area contributed by atoms with Gasteiger partial charge in [0.25, 0.3) is 5.92 Å². The summed E-state index contributed by atoms with van der Waals surface area (Å²) in [6, 6.07) is 12.1. The number of halogens is 3. The quantitative estimate of drug-likeness (QED) is 0.295. The molecule has 2 heterocycles. The molecule has 3 N–H and O–H groups in total. The molecule has 3 fully saturated rings. The number of hydrogen-bond donors (Lipinski definition) is 2. The van der Waals surface area contributed by atoms with Crippen LogP contribution >= 0.6 is 15.9 Å². The van der Waals surface area contributed by atoms with Crippen molar-refractivity contribution in [3.05, 3.63) is 70.7 Å². The number of carbonyl (C=O) groups excluding carboxylic acids is 1. The Balaban J connectivity index is 1.30. The SMILES string of the molecule is NC1CC2CCC(C1)N2C(=O)[C@@H](NS(=O)(=O)c1ccc2cc(OC3CCCCC3)ccc2c1)C(F)(F)c1ccc(Br)cc1. The van der Waals surface area contributed by atoms with Crippen LogP contribution in [-0.2, 0) is 20.7 Å². The normalized spacial score (nSPS) is 23.8. The number of nitrogens with one attached hydrogen (secondary N) is 1. The van der Waals surface area contributed by atoms with Crippen LogP contribution in [0.4, 0.5) is 8.78 Å². The summed E-state index contributed by atoms with van der Waals surface area (Å²) in [5.74, 6) is -4.04. The Morgan fingerprint density at radius 3 is 2.23 bits per heavy atom. The lowest BCUT2D eigenvalue weighted by Gasteiger charge is -2.41. The summed E-state index contributed by atoms with van der Waals surface area (Å²) in [5.41, 5.74) is 5.70. The van der Waals surface area contributed by atoms with E-state index in [9.17, 15) is 13.2 Å². The average molecular weight is 677 g/mol. The first kappa shape index (κ1) is 30.4. The van der Waals surface area contributed by atoms with E-state index in [1.807, 2.05) is 6.07 Å². The molecule has 2 saturated heterocycles. The Morgan fingerprint density at radius 1 is 0.930 bits per heavy atom. The van der Waals surface area contributed by atoms with Gasteiger partial charge in [-0.2, -0.15) is 13.5 Å². The summed E-state index contributed by atoms with van der Waals surface area (Å²) < 4.78 is 68.7. The molecule has 7 nitrogen and oxygen atoms in total. The van der Waals surface area contributed by atoms with Gasteiger partial charge in [0.15, 0.2) is 6.04 Å². The third-order valence-corrected chi connectivity index (χ3v) is 11.0. The second-order valence-electron chi connectivity index (χ2n) is 12.1. The van der Waals surface area contributed by atoms with E-state index in [1.165, 1.54) is 47.7 Å². The number of amides is 1. The topological polar surface area (TPSA) is 102 Å². The van der Waals surface area contributed by atoms with Crippen molar-refractivity contribution in [2.24, 2.45) is 5.73 Å². The van der Waals surface area contributed by atoms with Gasteiger partial charge in [0.05, 0.1) is 11.0 Å². The van der Waals surface area contributed by atoms with Gasteiger partial charge in [-0.05, 0) is 98.5 Å². The molecule has 43 heavy (non-hydrogen) atoms. The van der Waals surface area contributed by atoms with Crippen LogP contribution in [0.3, 0.4) is 0 Å². The fraction of sp³-hybridized carbons (Fsp3) is 0.469. The van der Waals surface area contributed by atoms with Crippen LogP contribution in [0.25, 0.3) is 10.8 Å². The van der Waals surface area contributed by atoms with Crippen molar-refractivity contribution in [3.63, 3.8) is 0 Å². The molecule has 2 unspecified atom stereocenters. The number of nitrogens with two attached hydrogens (primary N) is 1. The number of sulfonamides is 1. The summed E-state index contributed by atoms with van der Waals surface area (Å²) in [4.78, 5) is 15.2. The van der Waals surface area contributed by atoms with E-state index in [2.05, 4.69) is 20.7 Å². The highest BCUT2D eigenvalue weighted by molar-refractivity contribution is 9.10. The summed E-state index contributed by atoms with van der Waals surface area (Å²) in [6.07, 6.45) is 8.02. The van der Waals surface area contributed by atoms with E-state index in [-0.39, 0.29) is 29.1 Å². The summed E-state index contributed by atoms with van der Waals surface area (Å²) in [5, 5.41) is 1.38. The van der Waals surface area contributed by atoms with Gasteiger partial charge in [-0.1, -0.05) is 46.6 Å².